The molecule has 0 aromatic heterocycles. The van der Waals surface area contributed by atoms with Crippen LogP contribution < -0.4 is 5.32 Å². The molecule has 0 bridgehead atoms. The molecule has 0 spiro atoms. The van der Waals surface area contributed by atoms with Gasteiger partial charge in [-0.05, 0) is 31.7 Å². The molecule has 1 aliphatic carbocycles. The number of rotatable bonds is 3. The Balaban J connectivity index is 2.62. The summed E-state index contributed by atoms with van der Waals surface area (Å²) in [4.78, 5) is 0. The van der Waals surface area contributed by atoms with Gasteiger partial charge in [0.05, 0.1) is 0 Å². The first-order chi connectivity index (χ1) is 4.58. The van der Waals surface area contributed by atoms with E-state index in [2.05, 4.69) is 33.1 Å². The SMILES string of the molecule is CCC(C)(C)C1(NC)CC1. The number of hydrogen-bond acceptors (Lipinski definition) is 1. The Kier molecular flexibility index (Phi) is 1.80. The van der Waals surface area contributed by atoms with Crippen LogP contribution in [0.5, 0.6) is 0 Å². The fraction of sp³-hybridized carbons (Fsp3) is 1.00. The highest BCUT2D eigenvalue weighted by atomic mass is 15.0. The predicted molar refractivity (Wildman–Crippen MR) is 45.1 cm³/mol. The van der Waals surface area contributed by atoms with Gasteiger partial charge in [0.25, 0.3) is 0 Å². The fourth-order valence-electron chi connectivity index (χ4n) is 1.73. The van der Waals surface area contributed by atoms with Gasteiger partial charge >= 0.3 is 0 Å². The van der Waals surface area contributed by atoms with Crippen LogP contribution in [-0.4, -0.2) is 12.6 Å². The fourth-order valence-corrected chi connectivity index (χ4v) is 1.73. The normalized spacial score (nSPS) is 22.8. The maximum atomic E-state index is 3.44. The quantitative estimate of drug-likeness (QED) is 0.635. The van der Waals surface area contributed by atoms with Crippen LogP contribution in [0.15, 0.2) is 0 Å². The molecule has 1 N–H and O–H groups in total. The van der Waals surface area contributed by atoms with Crippen LogP contribution in [0.4, 0.5) is 0 Å². The molecule has 1 nitrogen and oxygen atoms in total. The number of hydrogen-bond donors (Lipinski definition) is 1. The lowest BCUT2D eigenvalue weighted by Gasteiger charge is -2.33. The molecular formula is C9H19N. The van der Waals surface area contributed by atoms with Gasteiger partial charge in [-0.1, -0.05) is 20.8 Å². The largest absolute Gasteiger partial charge is 0.314 e. The second-order valence-electron chi connectivity index (χ2n) is 4.07. The van der Waals surface area contributed by atoms with E-state index in [1.54, 1.807) is 0 Å². The summed E-state index contributed by atoms with van der Waals surface area (Å²) in [5.41, 5.74) is 0.976. The van der Waals surface area contributed by atoms with Crippen LogP contribution in [-0.2, 0) is 0 Å². The molecule has 0 aromatic rings. The minimum Gasteiger partial charge on any atom is -0.314 e. The Morgan fingerprint density at radius 3 is 2.00 bits per heavy atom. The van der Waals surface area contributed by atoms with Crippen molar-refractivity contribution < 1.29 is 0 Å². The van der Waals surface area contributed by atoms with Crippen molar-refractivity contribution in [2.24, 2.45) is 5.41 Å². The summed E-state index contributed by atoms with van der Waals surface area (Å²) in [6.07, 6.45) is 4.00. The molecule has 0 heterocycles. The summed E-state index contributed by atoms with van der Waals surface area (Å²) in [6.45, 7) is 6.99. The molecule has 0 amide bonds. The van der Waals surface area contributed by atoms with Crippen molar-refractivity contribution in [1.82, 2.24) is 5.32 Å². The summed E-state index contributed by atoms with van der Waals surface area (Å²) in [5.74, 6) is 0. The second kappa shape index (κ2) is 2.23. The Morgan fingerprint density at radius 2 is 1.90 bits per heavy atom. The summed E-state index contributed by atoms with van der Waals surface area (Å²) >= 11 is 0. The smallest absolute Gasteiger partial charge is 0.0230 e. The third-order valence-corrected chi connectivity index (χ3v) is 3.41. The molecule has 0 radical (unpaired) electrons. The van der Waals surface area contributed by atoms with Gasteiger partial charge in [0, 0.05) is 5.54 Å². The summed E-state index contributed by atoms with van der Waals surface area (Å²) < 4.78 is 0. The molecule has 1 rings (SSSR count). The maximum absolute atomic E-state index is 3.44. The molecule has 1 aliphatic rings. The first kappa shape index (κ1) is 8.06. The van der Waals surface area contributed by atoms with E-state index < -0.39 is 0 Å². The van der Waals surface area contributed by atoms with Gasteiger partial charge < -0.3 is 5.32 Å². The van der Waals surface area contributed by atoms with Crippen molar-refractivity contribution in [3.8, 4) is 0 Å². The van der Waals surface area contributed by atoms with Crippen molar-refractivity contribution in [2.75, 3.05) is 7.05 Å². The van der Waals surface area contributed by atoms with Gasteiger partial charge in [-0.25, -0.2) is 0 Å². The van der Waals surface area contributed by atoms with E-state index in [-0.39, 0.29) is 0 Å². The summed E-state index contributed by atoms with van der Waals surface area (Å²) in [7, 11) is 2.09. The van der Waals surface area contributed by atoms with Crippen molar-refractivity contribution in [2.45, 2.75) is 45.6 Å². The van der Waals surface area contributed by atoms with E-state index in [9.17, 15) is 0 Å². The van der Waals surface area contributed by atoms with Crippen LogP contribution >= 0.6 is 0 Å². The van der Waals surface area contributed by atoms with Gasteiger partial charge in [0.2, 0.25) is 0 Å². The molecule has 0 aliphatic heterocycles. The monoisotopic (exact) mass is 141 g/mol. The highest BCUT2D eigenvalue weighted by Gasteiger charge is 2.51. The molecule has 0 aromatic carbocycles. The molecule has 1 fully saturated rings. The van der Waals surface area contributed by atoms with Crippen LogP contribution in [0.1, 0.15) is 40.0 Å². The summed E-state index contributed by atoms with van der Waals surface area (Å²) in [6, 6.07) is 0. The topological polar surface area (TPSA) is 12.0 Å². The van der Waals surface area contributed by atoms with Crippen molar-refractivity contribution in [1.29, 1.82) is 0 Å². The third-order valence-electron chi connectivity index (χ3n) is 3.41. The van der Waals surface area contributed by atoms with Crippen LogP contribution in [0.3, 0.4) is 0 Å². The Labute approximate surface area is 64.2 Å². The van der Waals surface area contributed by atoms with Crippen LogP contribution in [0, 0.1) is 5.41 Å². The highest BCUT2D eigenvalue weighted by molar-refractivity contribution is 5.09. The third kappa shape index (κ3) is 0.968. The summed E-state index contributed by atoms with van der Waals surface area (Å²) in [5, 5.41) is 3.44. The zero-order chi connectivity index (χ0) is 7.83. The van der Waals surface area contributed by atoms with E-state index in [0.717, 1.165) is 0 Å². The Hall–Kier alpha value is -0.0400. The Morgan fingerprint density at radius 1 is 1.40 bits per heavy atom. The maximum Gasteiger partial charge on any atom is 0.0230 e. The lowest BCUT2D eigenvalue weighted by Crippen LogP contribution is -2.41. The first-order valence-corrected chi connectivity index (χ1v) is 4.27. The lowest BCUT2D eigenvalue weighted by molar-refractivity contribution is 0.222. The second-order valence-corrected chi connectivity index (χ2v) is 4.07. The average molecular weight is 141 g/mol. The van der Waals surface area contributed by atoms with E-state index in [4.69, 9.17) is 0 Å². The number of nitrogens with one attached hydrogen (secondary N) is 1. The van der Waals surface area contributed by atoms with E-state index >= 15 is 0 Å². The highest BCUT2D eigenvalue weighted by Crippen LogP contribution is 2.51. The van der Waals surface area contributed by atoms with Gasteiger partial charge in [-0.3, -0.25) is 0 Å². The minimum atomic E-state index is 0.488. The first-order valence-electron chi connectivity index (χ1n) is 4.27. The van der Waals surface area contributed by atoms with Gasteiger partial charge in [-0.2, -0.15) is 0 Å². The minimum absolute atomic E-state index is 0.488. The van der Waals surface area contributed by atoms with Gasteiger partial charge in [0.15, 0.2) is 0 Å². The molecule has 60 valence electrons. The molecular weight excluding hydrogens is 122 g/mol. The standard InChI is InChI=1S/C9H19N/c1-5-8(2,3)9(10-4)6-7-9/h10H,5-7H2,1-4H3. The van der Waals surface area contributed by atoms with E-state index in [1.165, 1.54) is 19.3 Å². The molecule has 1 heteroatoms. The van der Waals surface area contributed by atoms with E-state index in [0.29, 0.717) is 11.0 Å². The van der Waals surface area contributed by atoms with Crippen LogP contribution in [0.25, 0.3) is 0 Å². The van der Waals surface area contributed by atoms with Crippen LogP contribution in [0.2, 0.25) is 0 Å². The predicted octanol–water partition coefficient (Wildman–Crippen LogP) is 2.17. The molecule has 0 unspecified atom stereocenters. The zero-order valence-corrected chi connectivity index (χ0v) is 7.62. The van der Waals surface area contributed by atoms with Crippen molar-refractivity contribution in [3.63, 3.8) is 0 Å². The lowest BCUT2D eigenvalue weighted by atomic mass is 9.79. The van der Waals surface area contributed by atoms with Crippen molar-refractivity contribution in [3.05, 3.63) is 0 Å². The van der Waals surface area contributed by atoms with E-state index in [1.807, 2.05) is 0 Å². The molecule has 0 atom stereocenters. The van der Waals surface area contributed by atoms with Gasteiger partial charge in [-0.15, -0.1) is 0 Å². The molecule has 1 saturated carbocycles. The average Bonchev–Trinajstić information content (AvgIpc) is 2.67. The Bertz CT molecular complexity index is 119. The molecule has 0 saturated heterocycles. The van der Waals surface area contributed by atoms with Crippen molar-refractivity contribution >= 4 is 0 Å². The zero-order valence-electron chi connectivity index (χ0n) is 7.62. The van der Waals surface area contributed by atoms with Gasteiger partial charge in [0.1, 0.15) is 0 Å². The molecule has 10 heavy (non-hydrogen) atoms.